The van der Waals surface area contributed by atoms with E-state index < -0.39 is 0 Å². The van der Waals surface area contributed by atoms with Crippen LogP contribution in [-0.4, -0.2) is 23.3 Å². The topological polar surface area (TPSA) is 57.9 Å². The van der Waals surface area contributed by atoms with Gasteiger partial charge in [0.25, 0.3) is 0 Å². The smallest absolute Gasteiger partial charge is 0.133 e. The fraction of sp³-hybridized carbons (Fsp3) is 0.308. The predicted molar refractivity (Wildman–Crippen MR) is 69.8 cm³/mol. The molecule has 0 bridgehead atoms. The van der Waals surface area contributed by atoms with E-state index in [1.54, 1.807) is 12.3 Å². The Morgan fingerprint density at radius 2 is 2.06 bits per heavy atom. The Morgan fingerprint density at radius 3 is 2.72 bits per heavy atom. The summed E-state index contributed by atoms with van der Waals surface area (Å²) in [4.78, 5) is 2.20. The van der Waals surface area contributed by atoms with Gasteiger partial charge in [0.2, 0.25) is 0 Å². The molecule has 1 aromatic carbocycles. The molecule has 4 nitrogen and oxygen atoms in total. The van der Waals surface area contributed by atoms with Crippen LogP contribution >= 0.6 is 0 Å². The molecule has 0 atom stereocenters. The van der Waals surface area contributed by atoms with Crippen molar-refractivity contribution in [2.75, 3.05) is 23.7 Å². The second-order valence-corrected chi connectivity index (χ2v) is 4.53. The van der Waals surface area contributed by atoms with Gasteiger partial charge in [0, 0.05) is 29.9 Å². The van der Waals surface area contributed by atoms with Crippen LogP contribution in [0.25, 0.3) is 11.1 Å². The average molecular weight is 246 g/mol. The van der Waals surface area contributed by atoms with Gasteiger partial charge >= 0.3 is 0 Å². The number of anilines is 2. The first-order valence-electron chi connectivity index (χ1n) is 6.10. The zero-order valence-electron chi connectivity index (χ0n) is 9.99. The van der Waals surface area contributed by atoms with Crippen LogP contribution in [-0.2, 0) is 0 Å². The number of benzene rings is 1. The molecule has 18 heavy (non-hydrogen) atoms. The lowest BCUT2D eigenvalue weighted by atomic mass is 10.0. The van der Waals surface area contributed by atoms with Crippen LogP contribution in [0.2, 0.25) is 0 Å². The van der Waals surface area contributed by atoms with Crippen molar-refractivity contribution < 1.29 is 4.39 Å². The van der Waals surface area contributed by atoms with Crippen molar-refractivity contribution in [1.29, 1.82) is 0 Å². The van der Waals surface area contributed by atoms with Crippen LogP contribution in [0.4, 0.5) is 15.9 Å². The molecule has 0 aliphatic carbocycles. The summed E-state index contributed by atoms with van der Waals surface area (Å²) in [5.74, 6) is 0.146. The minimum atomic E-state index is -0.257. The van der Waals surface area contributed by atoms with Gasteiger partial charge in [0.15, 0.2) is 0 Å². The third kappa shape index (κ3) is 1.72. The van der Waals surface area contributed by atoms with Gasteiger partial charge in [0.05, 0.1) is 6.20 Å². The van der Waals surface area contributed by atoms with Crippen molar-refractivity contribution in [3.63, 3.8) is 0 Å². The molecule has 2 aromatic rings. The van der Waals surface area contributed by atoms with Crippen LogP contribution in [0.3, 0.4) is 0 Å². The lowest BCUT2D eigenvalue weighted by Crippen LogP contribution is -2.18. The summed E-state index contributed by atoms with van der Waals surface area (Å²) < 4.78 is 14.1. The maximum Gasteiger partial charge on any atom is 0.133 e. The molecule has 94 valence electrons. The number of nitrogen functional groups attached to an aromatic ring is 1. The van der Waals surface area contributed by atoms with Gasteiger partial charge in [-0.05, 0) is 25.0 Å². The molecule has 0 amide bonds. The van der Waals surface area contributed by atoms with Gasteiger partial charge in [-0.3, -0.25) is 5.10 Å². The lowest BCUT2D eigenvalue weighted by molar-refractivity contribution is 0.631. The van der Waals surface area contributed by atoms with Crippen molar-refractivity contribution in [3.05, 3.63) is 30.2 Å². The van der Waals surface area contributed by atoms with Crippen LogP contribution in [0.5, 0.6) is 0 Å². The predicted octanol–water partition coefficient (Wildman–Crippen LogP) is 2.40. The van der Waals surface area contributed by atoms with Gasteiger partial charge in [0.1, 0.15) is 11.6 Å². The van der Waals surface area contributed by atoms with Gasteiger partial charge in [-0.1, -0.05) is 6.07 Å². The fourth-order valence-corrected chi connectivity index (χ4v) is 2.50. The second kappa shape index (κ2) is 4.33. The van der Waals surface area contributed by atoms with Gasteiger partial charge in [-0.15, -0.1) is 0 Å². The number of aromatic nitrogens is 2. The molecular formula is C13H15FN4. The molecule has 3 rings (SSSR count). The summed E-state index contributed by atoms with van der Waals surface area (Å²) in [5, 5.41) is 6.53. The molecule has 1 aliphatic heterocycles. The minimum absolute atomic E-state index is 0.257. The molecule has 1 aliphatic rings. The van der Waals surface area contributed by atoms with E-state index in [9.17, 15) is 4.39 Å². The number of hydrogen-bond acceptors (Lipinski definition) is 3. The third-order valence-electron chi connectivity index (χ3n) is 3.38. The molecule has 1 aromatic heterocycles. The Labute approximate surface area is 105 Å². The first-order valence-corrected chi connectivity index (χ1v) is 6.10. The fourth-order valence-electron chi connectivity index (χ4n) is 2.50. The number of hydrogen-bond donors (Lipinski definition) is 2. The quantitative estimate of drug-likeness (QED) is 0.855. The molecule has 0 radical (unpaired) electrons. The molecule has 1 saturated heterocycles. The van der Waals surface area contributed by atoms with Crippen LogP contribution in [0.15, 0.2) is 24.4 Å². The summed E-state index contributed by atoms with van der Waals surface area (Å²) in [5.41, 5.74) is 7.89. The highest BCUT2D eigenvalue weighted by Gasteiger charge is 2.21. The van der Waals surface area contributed by atoms with Gasteiger partial charge in [-0.2, -0.15) is 5.10 Å². The summed E-state index contributed by atoms with van der Waals surface area (Å²) in [7, 11) is 0. The molecule has 1 fully saturated rings. The Balaban J connectivity index is 2.15. The van der Waals surface area contributed by atoms with E-state index in [0.29, 0.717) is 16.9 Å². The molecule has 5 heteroatoms. The normalized spacial score (nSPS) is 15.3. The van der Waals surface area contributed by atoms with Crippen molar-refractivity contribution in [3.8, 4) is 11.1 Å². The van der Waals surface area contributed by atoms with Crippen molar-refractivity contribution in [2.24, 2.45) is 0 Å². The Morgan fingerprint density at radius 1 is 1.28 bits per heavy atom. The first-order chi connectivity index (χ1) is 8.77. The van der Waals surface area contributed by atoms with E-state index in [0.717, 1.165) is 31.6 Å². The zero-order chi connectivity index (χ0) is 12.5. The van der Waals surface area contributed by atoms with Crippen LogP contribution < -0.4 is 10.6 Å². The highest BCUT2D eigenvalue weighted by molar-refractivity contribution is 5.84. The van der Waals surface area contributed by atoms with Crippen molar-refractivity contribution in [2.45, 2.75) is 12.8 Å². The van der Waals surface area contributed by atoms with Crippen LogP contribution in [0, 0.1) is 5.82 Å². The summed E-state index contributed by atoms with van der Waals surface area (Å²) in [6, 6.07) is 5.14. The van der Waals surface area contributed by atoms with E-state index in [-0.39, 0.29) is 5.82 Å². The zero-order valence-corrected chi connectivity index (χ0v) is 9.99. The molecule has 2 heterocycles. The molecule has 0 unspecified atom stereocenters. The Kier molecular flexibility index (Phi) is 2.66. The highest BCUT2D eigenvalue weighted by atomic mass is 19.1. The van der Waals surface area contributed by atoms with E-state index >= 15 is 0 Å². The number of H-pyrrole nitrogens is 1. The van der Waals surface area contributed by atoms with E-state index in [2.05, 4.69) is 15.1 Å². The number of nitrogens with one attached hydrogen (secondary N) is 1. The Bertz CT molecular complexity index is 558. The van der Waals surface area contributed by atoms with Gasteiger partial charge < -0.3 is 10.6 Å². The molecule has 0 saturated carbocycles. The average Bonchev–Trinajstić information content (AvgIpc) is 3.00. The van der Waals surface area contributed by atoms with Crippen LogP contribution in [0.1, 0.15) is 12.8 Å². The first kappa shape index (κ1) is 11.1. The summed E-state index contributed by atoms with van der Waals surface area (Å²) in [6.07, 6.45) is 3.88. The van der Waals surface area contributed by atoms with Crippen molar-refractivity contribution >= 4 is 11.5 Å². The maximum absolute atomic E-state index is 14.1. The monoisotopic (exact) mass is 246 g/mol. The maximum atomic E-state index is 14.1. The number of nitrogens with two attached hydrogens (primary N) is 1. The standard InChI is InChI=1S/C13H15FN4/c14-10-4-3-5-11(18-6-1-2-7-18)12(10)9-8-16-17-13(9)15/h3-5,8H,1-2,6-7H2,(H3,15,16,17). The van der Waals surface area contributed by atoms with E-state index in [1.165, 1.54) is 6.07 Å². The third-order valence-corrected chi connectivity index (χ3v) is 3.38. The van der Waals surface area contributed by atoms with Gasteiger partial charge in [-0.25, -0.2) is 4.39 Å². The van der Waals surface area contributed by atoms with E-state index in [1.807, 2.05) is 6.07 Å². The number of rotatable bonds is 2. The van der Waals surface area contributed by atoms with Crippen molar-refractivity contribution in [1.82, 2.24) is 10.2 Å². The molecule has 3 N–H and O–H groups in total. The number of halogens is 1. The summed E-state index contributed by atoms with van der Waals surface area (Å²) in [6.45, 7) is 1.93. The number of nitrogens with zero attached hydrogens (tertiary/aromatic N) is 2. The minimum Gasteiger partial charge on any atom is -0.384 e. The Hall–Kier alpha value is -2.04. The second-order valence-electron chi connectivity index (χ2n) is 4.53. The lowest BCUT2D eigenvalue weighted by Gasteiger charge is -2.21. The van der Waals surface area contributed by atoms with E-state index in [4.69, 9.17) is 5.73 Å². The molecule has 0 spiro atoms. The highest BCUT2D eigenvalue weighted by Crippen LogP contribution is 2.36. The summed E-state index contributed by atoms with van der Waals surface area (Å²) >= 11 is 0. The largest absolute Gasteiger partial charge is 0.384 e. The number of aromatic amines is 1. The SMILES string of the molecule is Nc1[nH]ncc1-c1c(F)cccc1N1CCCC1. The molecular weight excluding hydrogens is 231 g/mol.